The van der Waals surface area contributed by atoms with Gasteiger partial charge in [-0.3, -0.25) is 13.6 Å². The van der Waals surface area contributed by atoms with Crippen LogP contribution >= 0.6 is 0 Å². The van der Waals surface area contributed by atoms with Crippen molar-refractivity contribution in [3.05, 3.63) is 41.4 Å². The molecule has 0 amide bonds. The first-order valence-corrected chi connectivity index (χ1v) is 6.61. The summed E-state index contributed by atoms with van der Waals surface area (Å²) in [6.45, 7) is 1.86. The van der Waals surface area contributed by atoms with Crippen LogP contribution in [0.25, 0.3) is 5.57 Å². The number of hydrogen-bond acceptors (Lipinski definition) is 1. The summed E-state index contributed by atoms with van der Waals surface area (Å²) >= 11 is 0. The van der Waals surface area contributed by atoms with Crippen LogP contribution in [0.4, 0.5) is 8.63 Å². The topological polar surface area (TPSA) is 17.3 Å². The van der Waals surface area contributed by atoms with Crippen molar-refractivity contribution in [3.63, 3.8) is 0 Å². The zero-order chi connectivity index (χ0) is 13.4. The zero-order valence-corrected chi connectivity index (χ0v) is 10.9. The first-order valence-electron chi connectivity index (χ1n) is 6.61. The van der Waals surface area contributed by atoms with Crippen LogP contribution in [-0.2, 0) is 0 Å². The third-order valence-electron chi connectivity index (χ3n) is 3.80. The molecule has 1 fully saturated rings. The van der Waals surface area contributed by atoms with Gasteiger partial charge >= 0.3 is 7.40 Å². The predicted molar refractivity (Wildman–Crippen MR) is 74.4 cm³/mol. The Balaban J connectivity index is 2.02. The Morgan fingerprint density at radius 1 is 1.32 bits per heavy atom. The highest BCUT2D eigenvalue weighted by Crippen LogP contribution is 2.32. The largest absolute Gasteiger partial charge is 0.677 e. The van der Waals surface area contributed by atoms with E-state index in [0.29, 0.717) is 5.69 Å². The van der Waals surface area contributed by atoms with Gasteiger partial charge in [0.25, 0.3) is 0 Å². The average Bonchev–Trinajstić information content (AvgIpc) is 3.04. The molecule has 98 valence electrons. The smallest absolute Gasteiger partial charge is 0.332 e. The van der Waals surface area contributed by atoms with E-state index in [1.165, 1.54) is 24.6 Å². The van der Waals surface area contributed by atoms with E-state index in [-0.39, 0.29) is 0 Å². The standard InChI is InChI=1S/C14H15BF2N2/c1-10(14-7-4-8-19(14)15(16)17)13-9-11-5-2-3-6-12(11)18-13/h4,7-9H,2-3,5-6H2,1H3/b13-10-. The molecule has 1 saturated carbocycles. The first kappa shape index (κ1) is 12.4. The molecule has 0 radical (unpaired) electrons. The summed E-state index contributed by atoms with van der Waals surface area (Å²) in [4.78, 5) is 4.61. The molecule has 0 atom stereocenters. The average molecular weight is 260 g/mol. The highest BCUT2D eigenvalue weighted by Gasteiger charge is 2.23. The molecule has 19 heavy (non-hydrogen) atoms. The third-order valence-corrected chi connectivity index (χ3v) is 3.80. The number of fused-ring (bicyclic) bond motifs is 1. The van der Waals surface area contributed by atoms with Crippen molar-refractivity contribution in [2.45, 2.75) is 32.6 Å². The maximum absolute atomic E-state index is 12.9. The lowest BCUT2D eigenvalue weighted by molar-refractivity contribution is 0.628. The van der Waals surface area contributed by atoms with E-state index >= 15 is 0 Å². The maximum atomic E-state index is 12.9. The molecule has 2 nitrogen and oxygen atoms in total. The molecular weight excluding hydrogens is 245 g/mol. The van der Waals surface area contributed by atoms with Gasteiger partial charge in [0, 0.05) is 11.4 Å². The molecule has 1 aromatic heterocycles. The Morgan fingerprint density at radius 2 is 2.11 bits per heavy atom. The minimum Gasteiger partial charge on any atom is -0.332 e. The van der Waals surface area contributed by atoms with Gasteiger partial charge in [-0.1, -0.05) is 0 Å². The van der Waals surface area contributed by atoms with Crippen LogP contribution < -0.4 is 0 Å². The Kier molecular flexibility index (Phi) is 3.13. The Bertz CT molecular complexity index is 572. The van der Waals surface area contributed by atoms with Crippen LogP contribution in [0.15, 0.2) is 40.7 Å². The molecule has 2 aliphatic rings. The Labute approximate surface area is 111 Å². The minimum atomic E-state index is -2.51. The summed E-state index contributed by atoms with van der Waals surface area (Å²) in [6, 6.07) is 3.36. The lowest BCUT2D eigenvalue weighted by Crippen LogP contribution is -2.14. The van der Waals surface area contributed by atoms with Crippen molar-refractivity contribution in [1.82, 2.24) is 4.48 Å². The van der Waals surface area contributed by atoms with Crippen LogP contribution in [0.1, 0.15) is 38.3 Å². The SMILES string of the molecule is C/C(=C1\C=C2CCCCC2=N1)c1cccn1B(F)F. The highest BCUT2D eigenvalue weighted by molar-refractivity contribution is 6.41. The van der Waals surface area contributed by atoms with Gasteiger partial charge in [-0.15, -0.1) is 0 Å². The number of rotatable bonds is 2. The van der Waals surface area contributed by atoms with E-state index in [0.717, 1.165) is 34.3 Å². The van der Waals surface area contributed by atoms with Gasteiger partial charge in [0.05, 0.1) is 5.70 Å². The molecule has 1 aliphatic carbocycles. The van der Waals surface area contributed by atoms with Crippen molar-refractivity contribution in [1.29, 1.82) is 0 Å². The highest BCUT2D eigenvalue weighted by atomic mass is 19.2. The molecule has 1 aromatic rings. The lowest BCUT2D eigenvalue weighted by Gasteiger charge is -2.11. The van der Waals surface area contributed by atoms with Crippen molar-refractivity contribution >= 4 is 18.7 Å². The molecule has 2 heterocycles. The predicted octanol–water partition coefficient (Wildman–Crippen LogP) is 3.95. The van der Waals surface area contributed by atoms with Gasteiger partial charge in [-0.2, -0.15) is 0 Å². The number of halogens is 2. The number of hydrogen-bond donors (Lipinski definition) is 0. The molecule has 0 aromatic carbocycles. The second-order valence-corrected chi connectivity index (χ2v) is 5.02. The van der Waals surface area contributed by atoms with Crippen molar-refractivity contribution in [2.75, 3.05) is 0 Å². The van der Waals surface area contributed by atoms with Gasteiger partial charge in [-0.25, -0.2) is 0 Å². The first-order chi connectivity index (χ1) is 9.16. The van der Waals surface area contributed by atoms with E-state index in [1.807, 2.05) is 6.92 Å². The molecule has 0 spiro atoms. The molecular formula is C14H15BF2N2. The molecule has 0 bridgehead atoms. The van der Waals surface area contributed by atoms with Crippen LogP contribution in [0.3, 0.4) is 0 Å². The summed E-state index contributed by atoms with van der Waals surface area (Å²) in [6.07, 6.45) is 7.92. The maximum Gasteiger partial charge on any atom is 0.677 e. The van der Waals surface area contributed by atoms with Gasteiger partial charge in [-0.05, 0) is 68.2 Å². The van der Waals surface area contributed by atoms with Crippen LogP contribution in [0.2, 0.25) is 0 Å². The van der Waals surface area contributed by atoms with Gasteiger partial charge in [0.2, 0.25) is 0 Å². The molecule has 0 saturated heterocycles. The summed E-state index contributed by atoms with van der Waals surface area (Å²) in [5.41, 5.74) is 4.64. The minimum absolute atomic E-state index is 0.546. The monoisotopic (exact) mass is 260 g/mol. The van der Waals surface area contributed by atoms with Crippen LogP contribution in [0, 0.1) is 0 Å². The van der Waals surface area contributed by atoms with Crippen LogP contribution in [0.5, 0.6) is 0 Å². The third kappa shape index (κ3) is 2.18. The van der Waals surface area contributed by atoms with E-state index in [9.17, 15) is 8.63 Å². The van der Waals surface area contributed by atoms with E-state index < -0.39 is 7.40 Å². The number of aromatic nitrogens is 1. The van der Waals surface area contributed by atoms with Gasteiger partial charge in [0.15, 0.2) is 0 Å². The number of allylic oxidation sites excluding steroid dienone is 3. The molecule has 3 rings (SSSR count). The summed E-state index contributed by atoms with van der Waals surface area (Å²) in [7, 11) is -2.51. The summed E-state index contributed by atoms with van der Waals surface area (Å²) in [5.74, 6) is 0. The molecule has 0 N–H and O–H groups in total. The Hall–Kier alpha value is -1.65. The van der Waals surface area contributed by atoms with E-state index in [1.54, 1.807) is 12.1 Å². The number of aliphatic imine (C=N–C) groups is 1. The fourth-order valence-electron chi connectivity index (χ4n) is 2.74. The van der Waals surface area contributed by atoms with Gasteiger partial charge in [0.1, 0.15) is 0 Å². The van der Waals surface area contributed by atoms with Crippen molar-refractivity contribution in [3.8, 4) is 0 Å². The second-order valence-electron chi connectivity index (χ2n) is 5.02. The van der Waals surface area contributed by atoms with E-state index in [2.05, 4.69) is 11.1 Å². The van der Waals surface area contributed by atoms with E-state index in [4.69, 9.17) is 0 Å². The van der Waals surface area contributed by atoms with Crippen molar-refractivity contribution < 1.29 is 8.63 Å². The lowest BCUT2D eigenvalue weighted by atomic mass is 9.94. The normalized spacial score (nSPS) is 20.8. The fraction of sp³-hybridized carbons (Fsp3) is 0.357. The summed E-state index contributed by atoms with van der Waals surface area (Å²) in [5, 5.41) is 0. The summed E-state index contributed by atoms with van der Waals surface area (Å²) < 4.78 is 26.8. The van der Waals surface area contributed by atoms with Crippen LogP contribution in [-0.4, -0.2) is 17.6 Å². The zero-order valence-electron chi connectivity index (χ0n) is 10.9. The number of nitrogens with zero attached hydrogens (tertiary/aromatic N) is 2. The second kappa shape index (κ2) is 4.80. The van der Waals surface area contributed by atoms with Gasteiger partial charge < -0.3 is 4.48 Å². The fourth-order valence-corrected chi connectivity index (χ4v) is 2.74. The van der Waals surface area contributed by atoms with Crippen molar-refractivity contribution in [2.24, 2.45) is 4.99 Å². The molecule has 1 aliphatic heterocycles. The molecule has 5 heteroatoms. The quantitative estimate of drug-likeness (QED) is 0.716. The molecule has 0 unspecified atom stereocenters. The Morgan fingerprint density at radius 3 is 2.84 bits per heavy atom.